The lowest BCUT2D eigenvalue weighted by Gasteiger charge is -2.60. The number of benzene rings is 1. The van der Waals surface area contributed by atoms with Gasteiger partial charge in [0.1, 0.15) is 5.82 Å². The Balaban J connectivity index is 1.23. The van der Waals surface area contributed by atoms with Crippen molar-refractivity contribution in [3.63, 3.8) is 0 Å². The molecule has 4 aliphatic rings. The van der Waals surface area contributed by atoms with Crippen molar-refractivity contribution in [3.8, 4) is 0 Å². The van der Waals surface area contributed by atoms with E-state index in [1.807, 2.05) is 0 Å². The van der Waals surface area contributed by atoms with Gasteiger partial charge in [-0.2, -0.15) is 0 Å². The van der Waals surface area contributed by atoms with Gasteiger partial charge in [-0.05, 0) is 67.9 Å². The molecule has 8 heteroatoms. The van der Waals surface area contributed by atoms with Crippen molar-refractivity contribution in [1.29, 1.82) is 0 Å². The van der Waals surface area contributed by atoms with Crippen LogP contribution < -0.4 is 10.9 Å². The van der Waals surface area contributed by atoms with E-state index in [2.05, 4.69) is 26.8 Å². The maximum absolute atomic E-state index is 13.6. The summed E-state index contributed by atoms with van der Waals surface area (Å²) in [7, 11) is 0. The average Bonchev–Trinajstić information content (AvgIpc) is 2.62. The van der Waals surface area contributed by atoms with Crippen LogP contribution in [0.3, 0.4) is 0 Å². The zero-order valence-corrected chi connectivity index (χ0v) is 17.6. The van der Waals surface area contributed by atoms with Crippen LogP contribution in [-0.2, 0) is 14.3 Å². The largest absolute Gasteiger partial charge is 0.455 e. The normalized spacial score (nSPS) is 31.9. The molecule has 0 aromatic heterocycles. The van der Waals surface area contributed by atoms with Crippen LogP contribution >= 0.6 is 15.9 Å². The van der Waals surface area contributed by atoms with Crippen LogP contribution in [0.1, 0.15) is 55.3 Å². The van der Waals surface area contributed by atoms with Crippen molar-refractivity contribution in [2.24, 2.45) is 17.3 Å². The molecule has 0 radical (unpaired) electrons. The molecule has 4 fully saturated rings. The second kappa shape index (κ2) is 7.70. The lowest BCUT2D eigenvalue weighted by molar-refractivity contribution is -0.154. The predicted molar refractivity (Wildman–Crippen MR) is 106 cm³/mol. The molecule has 156 valence electrons. The third-order valence-electron chi connectivity index (χ3n) is 6.43. The lowest BCUT2D eigenvalue weighted by atomic mass is 9.49. The molecule has 0 spiro atoms. The topological polar surface area (TPSA) is 84.5 Å². The van der Waals surface area contributed by atoms with Crippen LogP contribution in [0.5, 0.6) is 0 Å². The fourth-order valence-electron chi connectivity index (χ4n) is 5.92. The standard InChI is InChI=1S/C21H24BrFN2O4/c22-21-8-13-5-14(9-21)7-20(6-13,12-21)10-18(27)29-11-17(26)24-25-19(28)15-3-1-2-4-16(15)23/h1-4,13-14H,5-12H2,(H,24,26)(H,25,28). The molecule has 2 N–H and O–H groups in total. The van der Waals surface area contributed by atoms with E-state index in [9.17, 15) is 18.8 Å². The van der Waals surface area contributed by atoms with E-state index in [1.165, 1.54) is 37.5 Å². The number of rotatable bonds is 5. The number of halogens is 2. The van der Waals surface area contributed by atoms with Gasteiger partial charge in [0, 0.05) is 4.32 Å². The maximum Gasteiger partial charge on any atom is 0.306 e. The predicted octanol–water partition coefficient (Wildman–Crippen LogP) is 3.25. The second-order valence-corrected chi connectivity index (χ2v) is 10.6. The molecule has 6 nitrogen and oxygen atoms in total. The smallest absolute Gasteiger partial charge is 0.306 e. The number of alkyl halides is 1. The highest BCUT2D eigenvalue weighted by molar-refractivity contribution is 9.10. The number of carbonyl (C=O) groups is 3. The summed E-state index contributed by atoms with van der Waals surface area (Å²) < 4.78 is 18.9. The zero-order valence-electron chi connectivity index (χ0n) is 16.0. The van der Waals surface area contributed by atoms with Gasteiger partial charge in [-0.1, -0.05) is 28.1 Å². The summed E-state index contributed by atoms with van der Waals surface area (Å²) in [4.78, 5) is 36.1. The fourth-order valence-corrected chi connectivity index (χ4v) is 7.43. The van der Waals surface area contributed by atoms with E-state index < -0.39 is 30.2 Å². The Morgan fingerprint density at radius 2 is 1.79 bits per heavy atom. The Hall–Kier alpha value is -1.96. The Morgan fingerprint density at radius 1 is 1.10 bits per heavy atom. The second-order valence-electron chi connectivity index (χ2n) is 8.93. The minimum atomic E-state index is -0.779. The van der Waals surface area contributed by atoms with Crippen molar-refractivity contribution in [2.75, 3.05) is 6.61 Å². The molecule has 0 heterocycles. The summed E-state index contributed by atoms with van der Waals surface area (Å²) in [6.07, 6.45) is 7.03. The number of hydrazine groups is 1. The van der Waals surface area contributed by atoms with Crippen molar-refractivity contribution in [1.82, 2.24) is 10.9 Å². The molecule has 1 aromatic carbocycles. The molecule has 5 rings (SSSR count). The fraction of sp³-hybridized carbons (Fsp3) is 0.571. The molecule has 2 unspecified atom stereocenters. The minimum absolute atomic E-state index is 0.0276. The molecule has 4 bridgehead atoms. The van der Waals surface area contributed by atoms with E-state index in [-0.39, 0.29) is 15.3 Å². The Bertz CT molecular complexity index is 832. The van der Waals surface area contributed by atoms with Crippen LogP contribution in [0.15, 0.2) is 24.3 Å². The number of hydrogen-bond donors (Lipinski definition) is 2. The lowest BCUT2D eigenvalue weighted by Crippen LogP contribution is -2.53. The van der Waals surface area contributed by atoms with Crippen LogP contribution in [0.2, 0.25) is 0 Å². The monoisotopic (exact) mass is 466 g/mol. The number of amides is 2. The number of ether oxygens (including phenoxy) is 1. The first-order chi connectivity index (χ1) is 13.8. The summed E-state index contributed by atoms with van der Waals surface area (Å²) in [5.41, 5.74) is 4.05. The number of nitrogens with one attached hydrogen (secondary N) is 2. The molecule has 4 saturated carbocycles. The van der Waals surface area contributed by atoms with Crippen molar-refractivity contribution in [2.45, 2.75) is 49.3 Å². The number of hydrogen-bond acceptors (Lipinski definition) is 4. The first-order valence-corrected chi connectivity index (χ1v) is 10.7. The maximum atomic E-state index is 13.6. The highest BCUT2D eigenvalue weighted by Crippen LogP contribution is 2.65. The van der Waals surface area contributed by atoms with E-state index in [0.29, 0.717) is 18.3 Å². The third-order valence-corrected chi connectivity index (χ3v) is 7.36. The molecule has 29 heavy (non-hydrogen) atoms. The molecule has 4 aliphatic carbocycles. The van der Waals surface area contributed by atoms with E-state index >= 15 is 0 Å². The van der Waals surface area contributed by atoms with E-state index in [1.54, 1.807) is 0 Å². The molecule has 0 aliphatic heterocycles. The van der Waals surface area contributed by atoms with Crippen molar-refractivity contribution < 1.29 is 23.5 Å². The summed E-state index contributed by atoms with van der Waals surface area (Å²) >= 11 is 3.92. The summed E-state index contributed by atoms with van der Waals surface area (Å²) in [6, 6.07) is 5.44. The molecular weight excluding hydrogens is 443 g/mol. The van der Waals surface area contributed by atoms with Crippen LogP contribution in [0.4, 0.5) is 4.39 Å². The summed E-state index contributed by atoms with van der Waals surface area (Å²) in [5, 5.41) is 0. The van der Waals surface area contributed by atoms with Gasteiger partial charge in [-0.25, -0.2) is 4.39 Å². The highest BCUT2D eigenvalue weighted by Gasteiger charge is 2.57. The van der Waals surface area contributed by atoms with Gasteiger partial charge in [0.25, 0.3) is 11.8 Å². The Morgan fingerprint density at radius 3 is 2.45 bits per heavy atom. The number of esters is 1. The summed E-state index contributed by atoms with van der Waals surface area (Å²) in [6.45, 7) is -0.487. The first-order valence-electron chi connectivity index (χ1n) is 9.94. The summed E-state index contributed by atoms with van der Waals surface area (Å²) in [5.74, 6) is -1.20. The Labute approximate surface area is 177 Å². The molecular formula is C21H24BrFN2O4. The van der Waals surface area contributed by atoms with Crippen LogP contribution in [0.25, 0.3) is 0 Å². The van der Waals surface area contributed by atoms with Gasteiger partial charge in [0.05, 0.1) is 12.0 Å². The zero-order chi connectivity index (χ0) is 20.6. The SMILES string of the molecule is O=C(COC(=O)CC12CC3CC(CC(Br)(C3)C1)C2)NNC(=O)c1ccccc1F. The van der Waals surface area contributed by atoms with Gasteiger partial charge in [0.2, 0.25) is 0 Å². The molecule has 0 saturated heterocycles. The average molecular weight is 467 g/mol. The Kier molecular flexibility index (Phi) is 5.40. The van der Waals surface area contributed by atoms with Gasteiger partial charge in [-0.3, -0.25) is 25.2 Å². The number of carbonyl (C=O) groups excluding carboxylic acids is 3. The van der Waals surface area contributed by atoms with Crippen molar-refractivity contribution >= 4 is 33.7 Å². The van der Waals surface area contributed by atoms with E-state index in [4.69, 9.17) is 4.74 Å². The van der Waals surface area contributed by atoms with Gasteiger partial charge in [0.15, 0.2) is 6.61 Å². The first kappa shape index (κ1) is 20.3. The quantitative estimate of drug-likeness (QED) is 0.396. The van der Waals surface area contributed by atoms with Crippen molar-refractivity contribution in [3.05, 3.63) is 35.6 Å². The molecule has 2 amide bonds. The molecule has 1 aromatic rings. The third kappa shape index (κ3) is 4.47. The van der Waals surface area contributed by atoms with Gasteiger partial charge >= 0.3 is 5.97 Å². The highest BCUT2D eigenvalue weighted by atomic mass is 79.9. The minimum Gasteiger partial charge on any atom is -0.455 e. The van der Waals surface area contributed by atoms with Gasteiger partial charge < -0.3 is 4.74 Å². The molecule has 2 atom stereocenters. The van der Waals surface area contributed by atoms with Crippen LogP contribution in [0, 0.1) is 23.1 Å². The van der Waals surface area contributed by atoms with Crippen LogP contribution in [-0.4, -0.2) is 28.7 Å². The van der Waals surface area contributed by atoms with E-state index in [0.717, 1.165) is 25.3 Å². The van der Waals surface area contributed by atoms with Gasteiger partial charge in [-0.15, -0.1) is 0 Å².